The number of hydrogen-bond donors (Lipinski definition) is 0. The zero-order valence-electron chi connectivity index (χ0n) is 16.1. The van der Waals surface area contributed by atoms with Crippen LogP contribution in [0.2, 0.25) is 0 Å². The van der Waals surface area contributed by atoms with Crippen LogP contribution in [-0.2, 0) is 4.79 Å². The second-order valence-corrected chi connectivity index (χ2v) is 5.35. The molecule has 22 heavy (non-hydrogen) atoms. The summed E-state index contributed by atoms with van der Waals surface area (Å²) in [7, 11) is 0. The van der Waals surface area contributed by atoms with Gasteiger partial charge in [-0.2, -0.15) is 0 Å². The van der Waals surface area contributed by atoms with E-state index in [4.69, 9.17) is 0 Å². The van der Waals surface area contributed by atoms with Gasteiger partial charge in [-0.25, -0.2) is 0 Å². The third-order valence-electron chi connectivity index (χ3n) is 3.33. The van der Waals surface area contributed by atoms with E-state index in [9.17, 15) is 9.90 Å². The number of carboxylic acid groups (broad SMARTS) is 1. The Morgan fingerprint density at radius 2 is 1.36 bits per heavy atom. The van der Waals surface area contributed by atoms with Crippen molar-refractivity contribution in [3.63, 3.8) is 0 Å². The minimum Gasteiger partial charge on any atom is -1.00 e. The topological polar surface area (TPSA) is 40.1 Å². The molecule has 2 nitrogen and oxygen atoms in total. The molecule has 0 rings (SSSR count). The summed E-state index contributed by atoms with van der Waals surface area (Å²) in [5, 5.41) is 10.2. The fraction of sp³-hybridized carbons (Fsp3) is 0.722. The van der Waals surface area contributed by atoms with Crippen molar-refractivity contribution < 1.29 is 92.3 Å². The van der Waals surface area contributed by atoms with Crippen molar-refractivity contribution >= 4 is 5.97 Å². The van der Waals surface area contributed by atoms with Crippen molar-refractivity contribution in [2.45, 2.75) is 84.0 Å². The summed E-state index contributed by atoms with van der Waals surface area (Å²) in [6, 6.07) is 0. The number of hydrogen-bond acceptors (Lipinski definition) is 2. The van der Waals surface area contributed by atoms with E-state index >= 15 is 0 Å². The molecule has 118 valence electrons. The molecule has 0 saturated carbocycles. The minimum absolute atomic E-state index is 0. The number of aliphatic carboxylic acids is 1. The molecule has 0 amide bonds. The Balaban J connectivity index is -0.000000602. The van der Waals surface area contributed by atoms with Crippen molar-refractivity contribution in [1.82, 2.24) is 0 Å². The molecule has 0 spiro atoms. The molecule has 0 atom stereocenters. The average molecular weight is 343 g/mol. The van der Waals surface area contributed by atoms with Gasteiger partial charge in [0.05, 0.1) is 0 Å². The smallest absolute Gasteiger partial charge is 1.00 e. The molecule has 0 fully saturated rings. The van der Waals surface area contributed by atoms with Gasteiger partial charge in [0.1, 0.15) is 0 Å². The molecule has 0 aromatic rings. The molecule has 0 unspecified atom stereocenters. The van der Waals surface area contributed by atoms with Gasteiger partial charge in [0.15, 0.2) is 0 Å². The molecule has 0 radical (unpaired) electrons. The number of carbonyl (C=O) groups excluding carboxylic acids is 1. The van der Waals surface area contributed by atoms with E-state index in [0.29, 0.717) is 0 Å². The number of allylic oxidation sites excluding steroid dienone is 4. The quantitative estimate of drug-likeness (QED) is 0.223. The molecule has 0 N–H and O–H groups in total. The first-order valence-corrected chi connectivity index (χ1v) is 8.27. The molecule has 0 aliphatic carbocycles. The van der Waals surface area contributed by atoms with Crippen LogP contribution in [-0.4, -0.2) is 5.97 Å². The van der Waals surface area contributed by atoms with E-state index in [1.165, 1.54) is 38.5 Å². The molecule has 0 aliphatic heterocycles. The number of carboxylic acids is 1. The van der Waals surface area contributed by atoms with Crippen LogP contribution in [0.15, 0.2) is 24.3 Å². The summed E-state index contributed by atoms with van der Waals surface area (Å²) in [6.07, 6.45) is 21.9. The van der Waals surface area contributed by atoms with Gasteiger partial charge in [-0.3, -0.25) is 0 Å². The van der Waals surface area contributed by atoms with E-state index in [-0.39, 0.29) is 88.8 Å². The molecule has 0 saturated heterocycles. The first kappa shape index (κ1) is 28.4. The molecule has 0 aliphatic rings. The zero-order valence-corrected chi connectivity index (χ0v) is 20.2. The fourth-order valence-electron chi connectivity index (χ4n) is 2.08. The number of carbonyl (C=O) groups is 1. The van der Waals surface area contributed by atoms with Crippen molar-refractivity contribution in [3.05, 3.63) is 24.3 Å². The number of rotatable bonds is 14. The Hall–Kier alpha value is 1.59. The third-order valence-corrected chi connectivity index (χ3v) is 3.33. The Morgan fingerprint density at radius 3 is 1.91 bits per heavy atom. The van der Waals surface area contributed by atoms with E-state index in [1.807, 2.05) is 0 Å². The third kappa shape index (κ3) is 26.5. The predicted molar refractivity (Wildman–Crippen MR) is 85.5 cm³/mol. The maximum Gasteiger partial charge on any atom is 1.00 e. The maximum absolute atomic E-state index is 10.2. The van der Waals surface area contributed by atoms with Gasteiger partial charge in [0, 0.05) is 5.97 Å². The van der Waals surface area contributed by atoms with Crippen molar-refractivity contribution in [2.24, 2.45) is 0 Å². The van der Waals surface area contributed by atoms with Crippen molar-refractivity contribution in [1.29, 1.82) is 0 Å². The van der Waals surface area contributed by atoms with Crippen LogP contribution in [0.3, 0.4) is 0 Å². The SMILES string of the molecule is CCCCC/C=C\C/C=C\CCCCCCCC(=O)[O-].[H-].[K+].[Na+]. The summed E-state index contributed by atoms with van der Waals surface area (Å²) >= 11 is 0. The summed E-state index contributed by atoms with van der Waals surface area (Å²) in [4.78, 5) is 10.2. The molecule has 4 heteroatoms. The van der Waals surface area contributed by atoms with Gasteiger partial charge in [-0.1, -0.05) is 63.3 Å². The predicted octanol–water partition coefficient (Wildman–Crippen LogP) is -1.33. The van der Waals surface area contributed by atoms with Gasteiger partial charge in [-0.15, -0.1) is 0 Å². The second-order valence-electron chi connectivity index (χ2n) is 5.35. The van der Waals surface area contributed by atoms with Crippen LogP contribution in [0.5, 0.6) is 0 Å². The van der Waals surface area contributed by atoms with Gasteiger partial charge in [0.25, 0.3) is 0 Å². The molecule has 0 aromatic heterocycles. The molecular weight excluding hydrogens is 310 g/mol. The van der Waals surface area contributed by atoms with E-state index < -0.39 is 5.97 Å². The van der Waals surface area contributed by atoms with Crippen molar-refractivity contribution in [2.75, 3.05) is 0 Å². The van der Waals surface area contributed by atoms with Crippen LogP contribution in [0.4, 0.5) is 0 Å². The zero-order chi connectivity index (χ0) is 14.9. The molecule has 0 heterocycles. The van der Waals surface area contributed by atoms with Crippen molar-refractivity contribution in [3.8, 4) is 0 Å². The molecular formula is C18H32KNaO2. The van der Waals surface area contributed by atoms with Gasteiger partial charge in [0.2, 0.25) is 0 Å². The van der Waals surface area contributed by atoms with Crippen LogP contribution >= 0.6 is 0 Å². The van der Waals surface area contributed by atoms with Crippen LogP contribution in [0.25, 0.3) is 0 Å². The first-order chi connectivity index (χ1) is 9.77. The number of unbranched alkanes of at least 4 members (excludes halogenated alkanes) is 8. The Morgan fingerprint density at radius 1 is 0.864 bits per heavy atom. The molecule has 0 bridgehead atoms. The normalized spacial score (nSPS) is 10.6. The summed E-state index contributed by atoms with van der Waals surface area (Å²) < 4.78 is 0. The van der Waals surface area contributed by atoms with E-state index in [1.54, 1.807) is 0 Å². The second kappa shape index (κ2) is 24.8. The molecule has 0 aromatic carbocycles. The van der Waals surface area contributed by atoms with Crippen LogP contribution < -0.4 is 86.0 Å². The van der Waals surface area contributed by atoms with E-state index in [2.05, 4.69) is 31.2 Å². The van der Waals surface area contributed by atoms with Crippen LogP contribution in [0.1, 0.15) is 85.4 Å². The first-order valence-electron chi connectivity index (χ1n) is 8.27. The average Bonchev–Trinajstić information content (AvgIpc) is 2.43. The monoisotopic (exact) mass is 342 g/mol. The standard InChI is InChI=1S/C18H32O2.K.Na.H/c1-2-3-4-5-6-7-8-9-10-11-12-13-14-15-16-17-18(19)20;;;/h6-7,9-10H,2-5,8,11-17H2,1H3,(H,19,20);;;/q;2*+1;-1/p-1/b7-6-,10-9-;;;. The van der Waals surface area contributed by atoms with E-state index in [0.717, 1.165) is 32.1 Å². The summed E-state index contributed by atoms with van der Waals surface area (Å²) in [6.45, 7) is 2.23. The summed E-state index contributed by atoms with van der Waals surface area (Å²) in [5.74, 6) is -0.921. The Bertz CT molecular complexity index is 284. The van der Waals surface area contributed by atoms with Crippen LogP contribution in [0, 0.1) is 0 Å². The fourth-order valence-corrected chi connectivity index (χ4v) is 2.08. The largest absolute Gasteiger partial charge is 1.00 e. The maximum atomic E-state index is 10.2. The van der Waals surface area contributed by atoms with Gasteiger partial charge < -0.3 is 11.3 Å². The Kier molecular flexibility index (Phi) is 32.0. The minimum atomic E-state index is -0.921. The van der Waals surface area contributed by atoms with Gasteiger partial charge in [-0.05, 0) is 44.9 Å². The van der Waals surface area contributed by atoms with Gasteiger partial charge >= 0.3 is 80.9 Å². The Labute approximate surface area is 203 Å². The summed E-state index contributed by atoms with van der Waals surface area (Å²) in [5.41, 5.74) is 0.